The van der Waals surface area contributed by atoms with Gasteiger partial charge in [-0.1, -0.05) is 118 Å². The zero-order valence-corrected chi connectivity index (χ0v) is 45.9. The number of aliphatic hydroxyl groups is 4. The molecule has 0 radical (unpaired) electrons. The second kappa shape index (κ2) is 22.5. The second-order valence-corrected chi connectivity index (χ2v) is 20.6. The van der Waals surface area contributed by atoms with E-state index in [-0.39, 0.29) is 11.6 Å². The Morgan fingerprint density at radius 2 is 0.780 bits per heavy atom. The van der Waals surface area contributed by atoms with Crippen molar-refractivity contribution in [3.05, 3.63) is 237 Å². The average molecular weight is 1140 g/mol. The molecule has 2 aliphatic heterocycles. The summed E-state index contributed by atoms with van der Waals surface area (Å²) in [5.74, 6) is -4.24. The first-order valence-electron chi connectivity index (χ1n) is 25.8. The van der Waals surface area contributed by atoms with Gasteiger partial charge < -0.3 is 60.3 Å². The van der Waals surface area contributed by atoms with Crippen molar-refractivity contribution in [2.24, 2.45) is 0 Å². The Hall–Kier alpha value is -8.34. The normalized spacial score (nSPS) is 22.6. The first-order chi connectivity index (χ1) is 39.5. The largest absolute Gasteiger partial charge is 0.703 e. The summed E-state index contributed by atoms with van der Waals surface area (Å²) in [6.45, 7) is -2.05. The van der Waals surface area contributed by atoms with Crippen LogP contribution in [0, 0.1) is 0 Å². The van der Waals surface area contributed by atoms with Crippen LogP contribution >= 0.6 is 8.25 Å². The Morgan fingerprint density at radius 3 is 1.04 bits per heavy atom. The van der Waals surface area contributed by atoms with E-state index in [1.807, 2.05) is 0 Å². The Balaban J connectivity index is 1.16. The molecule has 8 aromatic rings. The molecule has 82 heavy (non-hydrogen) atoms. The molecule has 0 unspecified atom stereocenters. The zero-order chi connectivity index (χ0) is 58.1. The van der Waals surface area contributed by atoms with Crippen molar-refractivity contribution in [1.82, 2.24) is 19.1 Å². The fourth-order valence-corrected chi connectivity index (χ4v) is 13.0. The molecule has 10 rings (SSSR count). The van der Waals surface area contributed by atoms with Crippen LogP contribution in [0.1, 0.15) is 46.2 Å². The first kappa shape index (κ1) is 56.9. The summed E-state index contributed by atoms with van der Waals surface area (Å²) in [6, 6.07) is 48.1. The fraction of sp³-hybridized carbons (Fsp3) is 0.267. The van der Waals surface area contributed by atoms with E-state index in [2.05, 4.69) is 9.97 Å². The van der Waals surface area contributed by atoms with Gasteiger partial charge in [0.2, 0.25) is 0 Å². The number of benzene rings is 6. The predicted octanol–water partition coefficient (Wildman–Crippen LogP) is 5.70. The molecule has 21 nitrogen and oxygen atoms in total. The third-order valence-corrected chi connectivity index (χ3v) is 16.5. The lowest BCUT2D eigenvalue weighted by Gasteiger charge is -2.50. The Kier molecular flexibility index (Phi) is 15.6. The molecule has 22 heteroatoms. The Labute approximate surface area is 471 Å². The van der Waals surface area contributed by atoms with E-state index in [0.717, 1.165) is 9.13 Å². The highest BCUT2D eigenvalue weighted by Crippen LogP contribution is 2.63. The highest BCUT2D eigenvalue weighted by molar-refractivity contribution is 7.33. The van der Waals surface area contributed by atoms with E-state index in [1.54, 1.807) is 158 Å². The number of ether oxygens (including phenoxy) is 6. The van der Waals surface area contributed by atoms with Crippen molar-refractivity contribution in [3.63, 3.8) is 0 Å². The van der Waals surface area contributed by atoms with Gasteiger partial charge in [-0.25, -0.2) is 9.59 Å². The number of aromatic nitrogens is 4. The molecule has 8 N–H and O–H groups in total. The quantitative estimate of drug-likeness (QED) is 0.0303. The van der Waals surface area contributed by atoms with Crippen molar-refractivity contribution < 1.29 is 62.5 Å². The maximum atomic E-state index is 15.3. The lowest BCUT2D eigenvalue weighted by molar-refractivity contribution is -0.217. The molecule has 0 amide bonds. The van der Waals surface area contributed by atoms with Crippen LogP contribution < -0.4 is 41.8 Å². The van der Waals surface area contributed by atoms with Gasteiger partial charge in [0.05, 0.1) is 65.3 Å². The summed E-state index contributed by atoms with van der Waals surface area (Å²) in [7, 11) is 2.14. The van der Waals surface area contributed by atoms with Crippen LogP contribution in [0.5, 0.6) is 23.0 Å². The standard InChI is InChI=1S/C60H59N6O15P/c1-74-45-23-15-41(16-24-45)59(39-11-7-5-8-12-39,42-17-25-46(75-2)26-18-42)57(65-33-31-51(61)63-53(65)69)37-55(71,49(35-67)78-57)80-82(73)81-56(72)38-58(79-50(56)36-68,66-34-32-52(62)64-54(66)70)60(40-13-9-6-10-14-40,43-19-27-47(76-3)28-20-43)44-21-29-48(77-4)30-22-44/h5-34,49-50,67-68,71-72H,35-38H2,1-4H3,(H3-,61,62,63,64,69,70)/p+1/t49-,50-,55-,56-,57+,58+/m1/s1. The molecule has 2 aromatic heterocycles. The van der Waals surface area contributed by atoms with E-state index in [0.29, 0.717) is 56.4 Å². The zero-order valence-electron chi connectivity index (χ0n) is 45.0. The van der Waals surface area contributed by atoms with Crippen LogP contribution in [0.4, 0.5) is 11.6 Å². The van der Waals surface area contributed by atoms with E-state index in [1.165, 1.54) is 53.0 Å². The molecular weight excluding hydrogens is 1080 g/mol. The molecule has 0 bridgehead atoms. The maximum Gasteiger partial charge on any atom is 0.703 e. The number of anilines is 2. The van der Waals surface area contributed by atoms with Crippen LogP contribution in [0.3, 0.4) is 0 Å². The highest BCUT2D eigenvalue weighted by atomic mass is 31.1. The molecule has 0 saturated carbocycles. The van der Waals surface area contributed by atoms with Crippen molar-refractivity contribution >= 4 is 19.9 Å². The van der Waals surface area contributed by atoms with Crippen LogP contribution in [0.15, 0.2) is 192 Å². The monoisotopic (exact) mass is 1140 g/mol. The molecule has 424 valence electrons. The van der Waals surface area contributed by atoms with Crippen LogP contribution in [0.2, 0.25) is 0 Å². The number of hydrogen-bond donors (Lipinski definition) is 6. The topological polar surface area (TPSA) is 294 Å². The summed E-state index contributed by atoms with van der Waals surface area (Å²) in [5.41, 5.74) is 5.05. The van der Waals surface area contributed by atoms with E-state index in [9.17, 15) is 30.0 Å². The summed E-state index contributed by atoms with van der Waals surface area (Å²) >= 11 is 0. The van der Waals surface area contributed by atoms with Crippen molar-refractivity contribution in [2.45, 2.75) is 58.9 Å². The van der Waals surface area contributed by atoms with Gasteiger partial charge in [-0.15, -0.1) is 0 Å². The van der Waals surface area contributed by atoms with Gasteiger partial charge in [0.15, 0.2) is 11.4 Å². The van der Waals surface area contributed by atoms with Crippen molar-refractivity contribution in [1.29, 1.82) is 0 Å². The van der Waals surface area contributed by atoms with Gasteiger partial charge in [0.25, 0.3) is 11.6 Å². The lowest BCUT2D eigenvalue weighted by Crippen LogP contribution is -2.58. The van der Waals surface area contributed by atoms with Gasteiger partial charge >= 0.3 is 19.6 Å². The van der Waals surface area contributed by atoms with Gasteiger partial charge in [-0.05, 0) is 94.0 Å². The molecular formula is C60H60N6O15P+. The number of rotatable bonds is 20. The molecule has 4 heterocycles. The summed E-state index contributed by atoms with van der Waals surface area (Å²) < 4.78 is 66.3. The van der Waals surface area contributed by atoms with Crippen molar-refractivity contribution in [3.8, 4) is 23.0 Å². The van der Waals surface area contributed by atoms with Crippen LogP contribution in [-0.2, 0) is 45.4 Å². The Morgan fingerprint density at radius 1 is 0.500 bits per heavy atom. The van der Waals surface area contributed by atoms with Gasteiger partial charge in [-0.2, -0.15) is 9.97 Å². The predicted molar refractivity (Wildman–Crippen MR) is 299 cm³/mol. The average Bonchev–Trinajstić information content (AvgIpc) is 1.64. The minimum Gasteiger partial charge on any atom is -0.497 e. The number of nitrogens with two attached hydrogens (primary N) is 2. The number of nitrogen functional groups attached to an aromatic ring is 2. The van der Waals surface area contributed by atoms with Gasteiger partial charge in [0.1, 0.15) is 46.8 Å². The maximum absolute atomic E-state index is 15.3. The van der Waals surface area contributed by atoms with Crippen LogP contribution in [-0.4, -0.2) is 105 Å². The molecule has 6 atom stereocenters. The number of nitrogens with zero attached hydrogens (tertiary/aromatic N) is 4. The van der Waals surface area contributed by atoms with Crippen LogP contribution in [0.25, 0.3) is 0 Å². The molecule has 2 aliphatic rings. The third kappa shape index (κ3) is 9.35. The minimum absolute atomic E-state index is 0.149. The smallest absolute Gasteiger partial charge is 0.497 e. The SMILES string of the molecule is COc1ccc(C(c2ccccc2)(c2ccc(OC)cc2)[C@]2(n3ccc(N)nc3=O)C[C@@](O)(O[P+](=O)O[C@]3(O)C[C@@](n4ccc(N)nc4=O)(C(c4ccccc4)(c4ccc(OC)cc4)c4ccc(OC)cc4)O[C@@H]3CO)[C@@H](CO)O2)cc1. The fourth-order valence-electron chi connectivity index (χ4n) is 12.0. The molecule has 0 spiro atoms. The van der Waals surface area contributed by atoms with Gasteiger partial charge in [-0.3, -0.25) is 9.13 Å². The minimum atomic E-state index is -3.88. The number of methoxy groups -OCH3 is 4. The highest BCUT2D eigenvalue weighted by Gasteiger charge is 2.74. The summed E-state index contributed by atoms with van der Waals surface area (Å²) in [6.07, 6.45) is -2.78. The Bertz CT molecular complexity index is 3340. The second-order valence-electron chi connectivity index (χ2n) is 19.8. The summed E-state index contributed by atoms with van der Waals surface area (Å²) in [5, 5.41) is 49.5. The lowest BCUT2D eigenvalue weighted by atomic mass is 9.61. The van der Waals surface area contributed by atoms with E-state index < -0.39 is 91.8 Å². The molecule has 6 aromatic carbocycles. The third-order valence-electron chi connectivity index (χ3n) is 15.6. The number of aliphatic hydroxyl groups excluding tert-OH is 2. The molecule has 2 saturated heterocycles. The number of hydrogen-bond acceptors (Lipinski definition) is 19. The first-order valence-corrected chi connectivity index (χ1v) is 26.9. The summed E-state index contributed by atoms with van der Waals surface area (Å²) in [4.78, 5) is 37.6. The van der Waals surface area contributed by atoms with E-state index in [4.69, 9.17) is 48.9 Å². The molecule has 2 fully saturated rings. The molecule has 0 aliphatic carbocycles. The van der Waals surface area contributed by atoms with Gasteiger partial charge in [0, 0.05) is 17.0 Å². The van der Waals surface area contributed by atoms with Crippen molar-refractivity contribution in [2.75, 3.05) is 53.1 Å². The van der Waals surface area contributed by atoms with E-state index >= 15 is 4.57 Å².